The number of ether oxygens (including phenoxy) is 2. The van der Waals surface area contributed by atoms with Gasteiger partial charge in [-0.1, -0.05) is 31.5 Å². The van der Waals surface area contributed by atoms with Crippen LogP contribution in [0, 0.1) is 24.2 Å². The monoisotopic (exact) mass is 394 g/mol. The third-order valence-corrected chi connectivity index (χ3v) is 8.75. The number of carbonyl (C=O) groups is 1. The number of methoxy groups -OCH3 is 1. The van der Waals surface area contributed by atoms with Crippen LogP contribution >= 0.6 is 0 Å². The molecule has 2 fully saturated rings. The molecule has 2 aliphatic rings. The number of Topliss-reactive ketones (excluding diaryl/α,β-unsaturated/α-hetero) is 1. The van der Waals surface area contributed by atoms with E-state index in [9.17, 15) is 13.2 Å². The summed E-state index contributed by atoms with van der Waals surface area (Å²) in [5.74, 6) is 0.240. The van der Waals surface area contributed by atoms with Gasteiger partial charge >= 0.3 is 0 Å². The molecule has 27 heavy (non-hydrogen) atoms. The van der Waals surface area contributed by atoms with Crippen molar-refractivity contribution in [3.8, 4) is 0 Å². The number of fused-ring (bicyclic) bond motifs is 1. The maximum Gasteiger partial charge on any atom is 0.188 e. The molecule has 3 rings (SSSR count). The number of rotatable bonds is 5. The molecule has 1 aromatic carbocycles. The van der Waals surface area contributed by atoms with Crippen LogP contribution in [0.4, 0.5) is 0 Å². The number of ketones is 1. The molecule has 0 N–H and O–H groups in total. The van der Waals surface area contributed by atoms with Gasteiger partial charge in [0.1, 0.15) is 12.0 Å². The molecular formula is C21H30O5S. The number of aryl methyl sites for hydroxylation is 1. The van der Waals surface area contributed by atoms with Crippen molar-refractivity contribution in [2.75, 3.05) is 13.9 Å². The van der Waals surface area contributed by atoms with Crippen LogP contribution in [-0.4, -0.2) is 39.5 Å². The van der Waals surface area contributed by atoms with Gasteiger partial charge in [-0.25, -0.2) is 8.42 Å². The summed E-state index contributed by atoms with van der Waals surface area (Å²) >= 11 is 0. The Hall–Kier alpha value is -1.24. The average molecular weight is 395 g/mol. The van der Waals surface area contributed by atoms with Crippen LogP contribution in [0.3, 0.4) is 0 Å². The number of benzene rings is 1. The van der Waals surface area contributed by atoms with Gasteiger partial charge in [0.05, 0.1) is 11.0 Å². The maximum absolute atomic E-state index is 13.2. The van der Waals surface area contributed by atoms with Gasteiger partial charge in [0.25, 0.3) is 0 Å². The van der Waals surface area contributed by atoms with Gasteiger partial charge in [-0.15, -0.1) is 0 Å². The van der Waals surface area contributed by atoms with Gasteiger partial charge in [0, 0.05) is 18.9 Å². The largest absolute Gasteiger partial charge is 0.359 e. The molecule has 6 heteroatoms. The Labute approximate surface area is 162 Å². The highest BCUT2D eigenvalue weighted by molar-refractivity contribution is 7.92. The van der Waals surface area contributed by atoms with Gasteiger partial charge in [-0.2, -0.15) is 0 Å². The molecule has 0 amide bonds. The fourth-order valence-corrected chi connectivity index (χ4v) is 6.98. The lowest BCUT2D eigenvalue weighted by Gasteiger charge is -2.37. The molecule has 5 nitrogen and oxygen atoms in total. The normalized spacial score (nSPS) is 34.3. The first-order chi connectivity index (χ1) is 12.7. The second-order valence-electron chi connectivity index (χ2n) is 8.45. The number of sulfone groups is 1. The first-order valence-electron chi connectivity index (χ1n) is 9.64. The average Bonchev–Trinajstić information content (AvgIpc) is 2.88. The Kier molecular flexibility index (Phi) is 5.80. The minimum absolute atomic E-state index is 0.0744. The molecule has 0 bridgehead atoms. The van der Waals surface area contributed by atoms with Gasteiger partial charge in [0.2, 0.25) is 0 Å². The molecular weight excluding hydrogens is 364 g/mol. The van der Waals surface area contributed by atoms with E-state index in [-0.39, 0.29) is 47.2 Å². The molecule has 0 radical (unpaired) electrons. The first kappa shape index (κ1) is 20.5. The molecule has 0 spiro atoms. The predicted octanol–water partition coefficient (Wildman–Crippen LogP) is 3.54. The van der Waals surface area contributed by atoms with E-state index in [1.165, 1.54) is 0 Å². The summed E-state index contributed by atoms with van der Waals surface area (Å²) < 4.78 is 37.4. The van der Waals surface area contributed by atoms with Gasteiger partial charge in [-0.05, 0) is 50.2 Å². The topological polar surface area (TPSA) is 69.7 Å². The molecule has 5 atom stereocenters. The van der Waals surface area contributed by atoms with E-state index < -0.39 is 15.1 Å². The Balaban J connectivity index is 1.91. The Morgan fingerprint density at radius 1 is 1.19 bits per heavy atom. The van der Waals surface area contributed by atoms with Crippen LogP contribution in [-0.2, 0) is 24.1 Å². The summed E-state index contributed by atoms with van der Waals surface area (Å²) in [6, 6.07) is 6.78. The minimum atomic E-state index is -3.69. The molecule has 2 aliphatic carbocycles. The van der Waals surface area contributed by atoms with Crippen molar-refractivity contribution < 1.29 is 22.7 Å². The second-order valence-corrected chi connectivity index (χ2v) is 10.6. The molecule has 150 valence electrons. The zero-order chi connectivity index (χ0) is 19.8. The smallest absolute Gasteiger partial charge is 0.188 e. The van der Waals surface area contributed by atoms with E-state index in [2.05, 4.69) is 13.8 Å². The van der Waals surface area contributed by atoms with Crippen molar-refractivity contribution in [3.63, 3.8) is 0 Å². The van der Waals surface area contributed by atoms with Crippen molar-refractivity contribution in [2.24, 2.45) is 17.3 Å². The van der Waals surface area contributed by atoms with Crippen LogP contribution in [0.25, 0.3) is 0 Å². The van der Waals surface area contributed by atoms with Crippen molar-refractivity contribution in [1.82, 2.24) is 0 Å². The minimum Gasteiger partial charge on any atom is -0.359 e. The van der Waals surface area contributed by atoms with E-state index in [4.69, 9.17) is 9.47 Å². The standard InChI is InChI=1S/C21H30O5S/c1-14-5-7-16(8-6-14)27(23,24)19-11-15(2)17-9-10-20(26-13-25-4)21(17,3)12-18(19)22/h5-8,15,17,19-20H,9-13H2,1-4H3/t15-,17-,19?,20-,21-/m0/s1. The number of hydrogen-bond donors (Lipinski definition) is 0. The maximum atomic E-state index is 13.2. The van der Waals surface area contributed by atoms with E-state index in [0.717, 1.165) is 18.4 Å². The lowest BCUT2D eigenvalue weighted by Crippen LogP contribution is -2.38. The summed E-state index contributed by atoms with van der Waals surface area (Å²) in [5, 5.41) is -0.972. The van der Waals surface area contributed by atoms with Crippen molar-refractivity contribution in [1.29, 1.82) is 0 Å². The molecule has 0 aromatic heterocycles. The first-order valence-corrected chi connectivity index (χ1v) is 11.2. The van der Waals surface area contributed by atoms with Crippen LogP contribution in [0.2, 0.25) is 0 Å². The summed E-state index contributed by atoms with van der Waals surface area (Å²) in [6.45, 7) is 6.27. The fraction of sp³-hybridized carbons (Fsp3) is 0.667. The van der Waals surface area contributed by atoms with Gasteiger partial charge in [-0.3, -0.25) is 4.79 Å². The highest BCUT2D eigenvalue weighted by Crippen LogP contribution is 2.54. The van der Waals surface area contributed by atoms with Crippen molar-refractivity contribution in [2.45, 2.75) is 62.7 Å². The third-order valence-electron chi connectivity index (χ3n) is 6.62. The third kappa shape index (κ3) is 3.71. The number of hydrogen-bond acceptors (Lipinski definition) is 5. The second kappa shape index (κ2) is 7.64. The lowest BCUT2D eigenvalue weighted by atomic mass is 9.71. The van der Waals surface area contributed by atoms with E-state index in [1.807, 2.05) is 6.92 Å². The van der Waals surface area contributed by atoms with Crippen LogP contribution in [0.5, 0.6) is 0 Å². The molecule has 0 aliphatic heterocycles. The SMILES string of the molecule is COCO[C@H]1CC[C@H]2[C@@H](C)CC(S(=O)(=O)c3ccc(C)cc3)C(=O)C[C@]12C. The Morgan fingerprint density at radius 2 is 1.85 bits per heavy atom. The van der Waals surface area contributed by atoms with Crippen LogP contribution < -0.4 is 0 Å². The zero-order valence-electron chi connectivity index (χ0n) is 16.6. The summed E-state index contributed by atoms with van der Waals surface area (Å²) in [6.07, 6.45) is 2.39. The molecule has 1 aromatic rings. The molecule has 1 unspecified atom stereocenters. The highest BCUT2D eigenvalue weighted by Gasteiger charge is 2.54. The van der Waals surface area contributed by atoms with E-state index >= 15 is 0 Å². The summed E-state index contributed by atoms with van der Waals surface area (Å²) in [7, 11) is -2.11. The zero-order valence-corrected chi connectivity index (χ0v) is 17.4. The Morgan fingerprint density at radius 3 is 2.48 bits per heavy atom. The van der Waals surface area contributed by atoms with E-state index in [0.29, 0.717) is 6.42 Å². The van der Waals surface area contributed by atoms with Gasteiger partial charge in [0.15, 0.2) is 15.6 Å². The van der Waals surface area contributed by atoms with Crippen LogP contribution in [0.1, 0.15) is 45.1 Å². The Bertz CT molecular complexity index is 785. The van der Waals surface area contributed by atoms with Crippen LogP contribution in [0.15, 0.2) is 29.2 Å². The molecule has 0 heterocycles. The lowest BCUT2D eigenvalue weighted by molar-refractivity contribution is -0.131. The highest BCUT2D eigenvalue weighted by atomic mass is 32.2. The number of carbonyl (C=O) groups excluding carboxylic acids is 1. The summed E-state index contributed by atoms with van der Waals surface area (Å²) in [4.78, 5) is 13.4. The fourth-order valence-electron chi connectivity index (χ4n) is 5.15. The predicted molar refractivity (Wildman–Crippen MR) is 103 cm³/mol. The van der Waals surface area contributed by atoms with Crippen molar-refractivity contribution >= 4 is 15.6 Å². The molecule has 0 saturated heterocycles. The van der Waals surface area contributed by atoms with Crippen molar-refractivity contribution in [3.05, 3.63) is 29.8 Å². The van der Waals surface area contributed by atoms with Gasteiger partial charge < -0.3 is 9.47 Å². The quantitative estimate of drug-likeness (QED) is 0.715. The summed E-state index contributed by atoms with van der Waals surface area (Å²) in [5.41, 5.74) is 0.654. The molecule has 2 saturated carbocycles. The van der Waals surface area contributed by atoms with E-state index in [1.54, 1.807) is 31.4 Å².